The second-order valence-electron chi connectivity index (χ2n) is 5.17. The van der Waals surface area contributed by atoms with E-state index in [4.69, 9.17) is 16.7 Å². The number of aliphatic hydroxyl groups excluding tert-OH is 1. The van der Waals surface area contributed by atoms with Crippen molar-refractivity contribution < 1.29 is 5.11 Å². The lowest BCUT2D eigenvalue weighted by atomic mass is 9.90. The summed E-state index contributed by atoms with van der Waals surface area (Å²) in [6.07, 6.45) is 5.14. The molecular weight excluding hydrogens is 282 g/mol. The Kier molecular flexibility index (Phi) is 5.16. The number of aliphatic imine (C=N–C) groups is 1. The summed E-state index contributed by atoms with van der Waals surface area (Å²) in [4.78, 5) is 4.43. The van der Waals surface area contributed by atoms with Crippen LogP contribution in [0.15, 0.2) is 53.7 Å². The predicted octanol–water partition coefficient (Wildman–Crippen LogP) is 4.75. The van der Waals surface area contributed by atoms with Crippen molar-refractivity contribution in [3.8, 4) is 0 Å². The van der Waals surface area contributed by atoms with Crippen LogP contribution in [0.1, 0.15) is 36.8 Å². The molecule has 0 fully saturated rings. The smallest absolute Gasteiger partial charge is 0.0544 e. The zero-order valence-electron chi connectivity index (χ0n) is 12.3. The van der Waals surface area contributed by atoms with Crippen molar-refractivity contribution in [1.29, 1.82) is 0 Å². The van der Waals surface area contributed by atoms with Gasteiger partial charge in [0, 0.05) is 23.7 Å². The number of hydrogen-bond donors (Lipinski definition) is 1. The largest absolute Gasteiger partial charge is 0.396 e. The first-order valence-electron chi connectivity index (χ1n) is 7.07. The van der Waals surface area contributed by atoms with Crippen LogP contribution in [0.5, 0.6) is 0 Å². The zero-order chi connectivity index (χ0) is 15.4. The van der Waals surface area contributed by atoms with E-state index in [9.17, 15) is 0 Å². The molecule has 1 N–H and O–H groups in total. The Bertz CT molecular complexity index is 628. The molecule has 2 nitrogen and oxygen atoms in total. The van der Waals surface area contributed by atoms with Gasteiger partial charge in [-0.25, -0.2) is 0 Å². The molecule has 0 spiro atoms. The summed E-state index contributed by atoms with van der Waals surface area (Å²) in [7, 11) is 0. The van der Waals surface area contributed by atoms with Gasteiger partial charge in [-0.05, 0) is 47.2 Å². The molecule has 21 heavy (non-hydrogen) atoms. The predicted molar refractivity (Wildman–Crippen MR) is 90.9 cm³/mol. The third-order valence-electron chi connectivity index (χ3n) is 3.79. The number of benzene rings is 1. The molecule has 1 unspecified atom stereocenters. The average Bonchev–Trinajstić information content (AvgIpc) is 2.56. The molecule has 1 atom stereocenters. The molecule has 0 saturated carbocycles. The van der Waals surface area contributed by atoms with Crippen LogP contribution in [0.25, 0.3) is 6.08 Å². The SMILES string of the molecule is C=CN=C1C(=C)C(CCCO)=Cc2cc(Cl)ccc2C1C. The van der Waals surface area contributed by atoms with Gasteiger partial charge in [-0.1, -0.05) is 43.8 Å². The number of allylic oxidation sites excluding steroid dienone is 2. The summed E-state index contributed by atoms with van der Waals surface area (Å²) in [6.45, 7) is 10.2. The van der Waals surface area contributed by atoms with Crippen LogP contribution < -0.4 is 0 Å². The average molecular weight is 302 g/mol. The van der Waals surface area contributed by atoms with E-state index < -0.39 is 0 Å². The van der Waals surface area contributed by atoms with E-state index >= 15 is 0 Å². The van der Waals surface area contributed by atoms with Gasteiger partial charge in [0.1, 0.15) is 0 Å². The molecule has 1 aliphatic rings. The van der Waals surface area contributed by atoms with E-state index in [-0.39, 0.29) is 12.5 Å². The van der Waals surface area contributed by atoms with Gasteiger partial charge >= 0.3 is 0 Å². The van der Waals surface area contributed by atoms with Crippen molar-refractivity contribution in [2.24, 2.45) is 4.99 Å². The van der Waals surface area contributed by atoms with Crippen LogP contribution in [0, 0.1) is 0 Å². The highest BCUT2D eigenvalue weighted by Gasteiger charge is 2.23. The van der Waals surface area contributed by atoms with Crippen LogP contribution in [0.2, 0.25) is 5.02 Å². The van der Waals surface area contributed by atoms with Gasteiger partial charge in [-0.3, -0.25) is 4.99 Å². The highest BCUT2D eigenvalue weighted by atomic mass is 35.5. The van der Waals surface area contributed by atoms with Gasteiger partial charge in [0.15, 0.2) is 0 Å². The van der Waals surface area contributed by atoms with E-state index in [1.807, 2.05) is 18.2 Å². The minimum atomic E-state index is 0.130. The minimum absolute atomic E-state index is 0.130. The second-order valence-corrected chi connectivity index (χ2v) is 5.60. The zero-order valence-corrected chi connectivity index (χ0v) is 13.0. The highest BCUT2D eigenvalue weighted by molar-refractivity contribution is 6.30. The van der Waals surface area contributed by atoms with Crippen molar-refractivity contribution in [2.45, 2.75) is 25.7 Å². The Balaban J connectivity index is 2.58. The fourth-order valence-electron chi connectivity index (χ4n) is 2.69. The van der Waals surface area contributed by atoms with Gasteiger partial charge in [0.25, 0.3) is 0 Å². The number of aliphatic hydroxyl groups is 1. The van der Waals surface area contributed by atoms with Crippen LogP contribution in [0.4, 0.5) is 0 Å². The molecule has 110 valence electrons. The van der Waals surface area contributed by atoms with Gasteiger partial charge in [0.05, 0.1) is 5.71 Å². The Morgan fingerprint density at radius 2 is 2.19 bits per heavy atom. The molecule has 0 bridgehead atoms. The summed E-state index contributed by atoms with van der Waals surface area (Å²) in [5.74, 6) is 0.130. The number of rotatable bonds is 4. The monoisotopic (exact) mass is 301 g/mol. The van der Waals surface area contributed by atoms with E-state index in [1.54, 1.807) is 6.20 Å². The number of hydrogen-bond acceptors (Lipinski definition) is 2. The molecule has 3 heteroatoms. The van der Waals surface area contributed by atoms with Gasteiger partial charge in [-0.15, -0.1) is 0 Å². The Labute approximate surface area is 131 Å². The van der Waals surface area contributed by atoms with E-state index in [0.29, 0.717) is 11.4 Å². The van der Waals surface area contributed by atoms with Gasteiger partial charge in [-0.2, -0.15) is 0 Å². The molecule has 0 radical (unpaired) electrons. The van der Waals surface area contributed by atoms with E-state index in [1.165, 1.54) is 5.56 Å². The topological polar surface area (TPSA) is 32.6 Å². The lowest BCUT2D eigenvalue weighted by molar-refractivity contribution is 0.289. The number of halogens is 1. The van der Waals surface area contributed by atoms with Crippen molar-refractivity contribution in [3.05, 3.63) is 64.9 Å². The third-order valence-corrected chi connectivity index (χ3v) is 4.02. The van der Waals surface area contributed by atoms with E-state index in [2.05, 4.69) is 31.2 Å². The van der Waals surface area contributed by atoms with Crippen LogP contribution in [-0.4, -0.2) is 17.4 Å². The summed E-state index contributed by atoms with van der Waals surface area (Å²) < 4.78 is 0. The molecular formula is C18H20ClNO. The molecule has 0 saturated heterocycles. The highest BCUT2D eigenvalue weighted by Crippen LogP contribution is 2.35. The molecule has 0 heterocycles. The molecule has 0 amide bonds. The maximum Gasteiger partial charge on any atom is 0.0544 e. The first-order chi connectivity index (χ1) is 10.1. The van der Waals surface area contributed by atoms with Crippen LogP contribution in [0.3, 0.4) is 0 Å². The third kappa shape index (κ3) is 3.34. The van der Waals surface area contributed by atoms with Crippen molar-refractivity contribution in [3.63, 3.8) is 0 Å². The second kappa shape index (κ2) is 6.88. The van der Waals surface area contributed by atoms with Crippen molar-refractivity contribution >= 4 is 23.4 Å². The van der Waals surface area contributed by atoms with Gasteiger partial charge < -0.3 is 5.11 Å². The minimum Gasteiger partial charge on any atom is -0.396 e. The summed E-state index contributed by atoms with van der Waals surface area (Å²) in [5.41, 5.74) is 5.22. The fourth-order valence-corrected chi connectivity index (χ4v) is 2.87. The Morgan fingerprint density at radius 3 is 2.86 bits per heavy atom. The molecule has 1 aliphatic carbocycles. The Hall–Kier alpha value is -1.64. The maximum absolute atomic E-state index is 9.09. The molecule has 2 rings (SSSR count). The quantitative estimate of drug-likeness (QED) is 0.855. The molecule has 0 aliphatic heterocycles. The molecule has 0 aromatic heterocycles. The fraction of sp³-hybridized carbons (Fsp3) is 0.278. The summed E-state index contributed by atoms with van der Waals surface area (Å²) in [5, 5.41) is 9.81. The summed E-state index contributed by atoms with van der Waals surface area (Å²) in [6, 6.07) is 5.91. The standard InChI is InChI=1S/C18H20ClNO/c1-4-20-18-12(2)14(6-5-9-21)10-15-11-16(19)7-8-17(15)13(18)3/h4,7-8,10-11,13,21H,1-2,5-6,9H2,3H3. The lowest BCUT2D eigenvalue weighted by Crippen LogP contribution is -2.12. The van der Waals surface area contributed by atoms with Gasteiger partial charge in [0.2, 0.25) is 0 Å². The number of fused-ring (bicyclic) bond motifs is 1. The maximum atomic E-state index is 9.09. The lowest BCUT2D eigenvalue weighted by Gasteiger charge is -2.16. The van der Waals surface area contributed by atoms with Crippen LogP contribution >= 0.6 is 11.6 Å². The molecule has 1 aromatic carbocycles. The van der Waals surface area contributed by atoms with Crippen LogP contribution in [-0.2, 0) is 0 Å². The van der Waals surface area contributed by atoms with Crippen molar-refractivity contribution in [1.82, 2.24) is 0 Å². The first-order valence-corrected chi connectivity index (χ1v) is 7.45. The molecule has 1 aromatic rings. The summed E-state index contributed by atoms with van der Waals surface area (Å²) >= 11 is 6.13. The normalized spacial score (nSPS) is 20.0. The van der Waals surface area contributed by atoms with E-state index in [0.717, 1.165) is 28.8 Å². The first kappa shape index (κ1) is 15.7. The van der Waals surface area contributed by atoms with Crippen molar-refractivity contribution in [2.75, 3.05) is 6.61 Å². The number of nitrogens with zero attached hydrogens (tertiary/aromatic N) is 1. The Morgan fingerprint density at radius 1 is 1.43 bits per heavy atom.